The summed E-state index contributed by atoms with van der Waals surface area (Å²) in [6.45, 7) is 7.88. The smallest absolute Gasteiger partial charge is 0.252 e. The number of carbonyl (C=O) groups excluding carboxylic acids is 1. The molecule has 1 heterocycles. The highest BCUT2D eigenvalue weighted by Gasteiger charge is 2.13. The zero-order chi connectivity index (χ0) is 16.2. The number of carbonyl (C=O) groups is 1. The zero-order valence-electron chi connectivity index (χ0n) is 13.6. The summed E-state index contributed by atoms with van der Waals surface area (Å²) in [6.07, 6.45) is 0. The number of fused-ring (bicyclic) bond motifs is 3. The Morgan fingerprint density at radius 3 is 2.57 bits per heavy atom. The molecule has 0 aliphatic carbocycles. The van der Waals surface area contributed by atoms with Crippen LogP contribution in [0.25, 0.3) is 20.2 Å². The topological polar surface area (TPSA) is 32.3 Å². The van der Waals surface area contributed by atoms with E-state index >= 15 is 0 Å². The second kappa shape index (κ2) is 7.11. The number of likely N-dealkylation sites (N-methyl/N-ethyl adjacent to an activating group) is 1. The van der Waals surface area contributed by atoms with Gasteiger partial charge in [0, 0.05) is 33.3 Å². The van der Waals surface area contributed by atoms with Crippen LogP contribution in [0.4, 0.5) is 0 Å². The second-order valence-electron chi connectivity index (χ2n) is 5.56. The van der Waals surface area contributed by atoms with Crippen LogP contribution >= 0.6 is 11.3 Å². The number of rotatable bonds is 6. The number of nitrogens with one attached hydrogen (secondary N) is 1. The molecule has 0 unspecified atom stereocenters. The van der Waals surface area contributed by atoms with E-state index in [-0.39, 0.29) is 5.91 Å². The summed E-state index contributed by atoms with van der Waals surface area (Å²) in [5.41, 5.74) is 0.781. The van der Waals surface area contributed by atoms with Crippen LogP contribution in [0.15, 0.2) is 42.5 Å². The lowest BCUT2D eigenvalue weighted by molar-refractivity contribution is 0.0950. The maximum atomic E-state index is 12.6. The minimum atomic E-state index is 0.0225. The molecule has 0 radical (unpaired) electrons. The summed E-state index contributed by atoms with van der Waals surface area (Å²) in [6, 6.07) is 14.3. The zero-order valence-corrected chi connectivity index (χ0v) is 14.5. The van der Waals surface area contributed by atoms with Crippen LogP contribution in [-0.2, 0) is 0 Å². The molecule has 1 aromatic heterocycles. The number of thiophene rings is 1. The second-order valence-corrected chi connectivity index (χ2v) is 6.62. The third kappa shape index (κ3) is 3.23. The summed E-state index contributed by atoms with van der Waals surface area (Å²) in [7, 11) is 0. The number of hydrogen-bond donors (Lipinski definition) is 1. The van der Waals surface area contributed by atoms with E-state index in [0.717, 1.165) is 29.9 Å². The predicted molar refractivity (Wildman–Crippen MR) is 99.5 cm³/mol. The van der Waals surface area contributed by atoms with Gasteiger partial charge in [-0.1, -0.05) is 44.2 Å². The molecule has 120 valence electrons. The van der Waals surface area contributed by atoms with Crippen LogP contribution in [0.3, 0.4) is 0 Å². The number of nitrogens with zero attached hydrogens (tertiary/aromatic N) is 1. The van der Waals surface area contributed by atoms with Gasteiger partial charge in [0.2, 0.25) is 0 Å². The van der Waals surface area contributed by atoms with Gasteiger partial charge in [0.1, 0.15) is 0 Å². The molecular weight excluding hydrogens is 304 g/mol. The normalized spacial score (nSPS) is 11.4. The lowest BCUT2D eigenvalue weighted by Gasteiger charge is -2.18. The quantitative estimate of drug-likeness (QED) is 0.739. The number of benzene rings is 2. The molecule has 3 aromatic rings. The molecule has 4 heteroatoms. The van der Waals surface area contributed by atoms with Crippen molar-refractivity contribution in [3.63, 3.8) is 0 Å². The monoisotopic (exact) mass is 326 g/mol. The van der Waals surface area contributed by atoms with E-state index in [4.69, 9.17) is 0 Å². The van der Waals surface area contributed by atoms with Crippen LogP contribution in [0, 0.1) is 0 Å². The minimum Gasteiger partial charge on any atom is -0.351 e. The number of amides is 1. The fourth-order valence-electron chi connectivity index (χ4n) is 2.89. The molecule has 1 N–H and O–H groups in total. The van der Waals surface area contributed by atoms with Gasteiger partial charge in [0.25, 0.3) is 5.91 Å². The van der Waals surface area contributed by atoms with Gasteiger partial charge in [-0.25, -0.2) is 0 Å². The SMILES string of the molecule is CCN(CC)CCNC(=O)c1cccc2c1sc1ccccc12. The van der Waals surface area contributed by atoms with E-state index in [1.165, 1.54) is 15.5 Å². The highest BCUT2D eigenvalue weighted by Crippen LogP contribution is 2.35. The van der Waals surface area contributed by atoms with E-state index < -0.39 is 0 Å². The van der Waals surface area contributed by atoms with Crippen LogP contribution in [0.5, 0.6) is 0 Å². The van der Waals surface area contributed by atoms with Crippen LogP contribution in [0.1, 0.15) is 24.2 Å². The van der Waals surface area contributed by atoms with Gasteiger partial charge < -0.3 is 10.2 Å². The molecule has 0 spiro atoms. The molecule has 0 bridgehead atoms. The van der Waals surface area contributed by atoms with Crippen LogP contribution in [-0.4, -0.2) is 37.0 Å². The Balaban J connectivity index is 1.83. The maximum Gasteiger partial charge on any atom is 0.252 e. The summed E-state index contributed by atoms with van der Waals surface area (Å²) < 4.78 is 2.31. The molecule has 2 aromatic carbocycles. The van der Waals surface area contributed by atoms with Crippen LogP contribution in [0.2, 0.25) is 0 Å². The third-order valence-electron chi connectivity index (χ3n) is 4.26. The van der Waals surface area contributed by atoms with E-state index in [1.54, 1.807) is 11.3 Å². The molecule has 0 saturated heterocycles. The van der Waals surface area contributed by atoms with Crippen molar-refractivity contribution < 1.29 is 4.79 Å². The molecule has 0 saturated carbocycles. The van der Waals surface area contributed by atoms with Crippen molar-refractivity contribution in [3.8, 4) is 0 Å². The Kier molecular flexibility index (Phi) is 4.94. The molecular formula is C19H22N2OS. The Morgan fingerprint density at radius 1 is 1.04 bits per heavy atom. The van der Waals surface area contributed by atoms with Crippen molar-refractivity contribution in [3.05, 3.63) is 48.0 Å². The van der Waals surface area contributed by atoms with Crippen molar-refractivity contribution in [2.24, 2.45) is 0 Å². The van der Waals surface area contributed by atoms with Gasteiger partial charge in [-0.15, -0.1) is 11.3 Å². The Morgan fingerprint density at radius 2 is 1.78 bits per heavy atom. The fourth-order valence-corrected chi connectivity index (χ4v) is 4.10. The first-order valence-corrected chi connectivity index (χ1v) is 8.97. The Labute approximate surface area is 140 Å². The summed E-state index contributed by atoms with van der Waals surface area (Å²) in [5.74, 6) is 0.0225. The average Bonchev–Trinajstić information content (AvgIpc) is 2.97. The van der Waals surface area contributed by atoms with Gasteiger partial charge in [-0.3, -0.25) is 4.79 Å². The van der Waals surface area contributed by atoms with Crippen LogP contribution < -0.4 is 5.32 Å². The molecule has 0 aliphatic rings. The Hall–Kier alpha value is -1.91. The molecule has 3 rings (SSSR count). The van der Waals surface area contributed by atoms with E-state index in [2.05, 4.69) is 42.3 Å². The first kappa shape index (κ1) is 16.0. The standard InChI is InChI=1S/C19H22N2OS/c1-3-21(4-2)13-12-20-19(22)16-10-7-9-15-14-8-5-6-11-17(14)23-18(15)16/h5-11H,3-4,12-13H2,1-2H3,(H,20,22). The molecule has 0 fully saturated rings. The first-order valence-electron chi connectivity index (χ1n) is 8.15. The van der Waals surface area contributed by atoms with Crippen molar-refractivity contribution in [1.82, 2.24) is 10.2 Å². The molecule has 23 heavy (non-hydrogen) atoms. The lowest BCUT2D eigenvalue weighted by atomic mass is 10.1. The van der Waals surface area contributed by atoms with E-state index in [0.29, 0.717) is 6.54 Å². The molecule has 0 atom stereocenters. The van der Waals surface area contributed by atoms with E-state index in [1.807, 2.05) is 24.3 Å². The summed E-state index contributed by atoms with van der Waals surface area (Å²) >= 11 is 1.69. The molecule has 1 amide bonds. The highest BCUT2D eigenvalue weighted by molar-refractivity contribution is 7.26. The predicted octanol–water partition coefficient (Wildman–Crippen LogP) is 4.13. The Bertz CT molecular complexity index is 820. The van der Waals surface area contributed by atoms with Crippen molar-refractivity contribution in [2.45, 2.75) is 13.8 Å². The first-order chi connectivity index (χ1) is 11.2. The lowest BCUT2D eigenvalue weighted by Crippen LogP contribution is -2.34. The number of hydrogen-bond acceptors (Lipinski definition) is 3. The minimum absolute atomic E-state index is 0.0225. The average molecular weight is 326 g/mol. The fraction of sp³-hybridized carbons (Fsp3) is 0.316. The van der Waals surface area contributed by atoms with Gasteiger partial charge in [-0.05, 0) is 25.2 Å². The largest absolute Gasteiger partial charge is 0.351 e. The van der Waals surface area contributed by atoms with Gasteiger partial charge in [0.05, 0.1) is 5.56 Å². The molecule has 0 aliphatic heterocycles. The maximum absolute atomic E-state index is 12.6. The highest BCUT2D eigenvalue weighted by atomic mass is 32.1. The van der Waals surface area contributed by atoms with Gasteiger partial charge >= 0.3 is 0 Å². The van der Waals surface area contributed by atoms with Crippen molar-refractivity contribution in [2.75, 3.05) is 26.2 Å². The van der Waals surface area contributed by atoms with Gasteiger partial charge in [-0.2, -0.15) is 0 Å². The van der Waals surface area contributed by atoms with Crippen molar-refractivity contribution in [1.29, 1.82) is 0 Å². The van der Waals surface area contributed by atoms with Gasteiger partial charge in [0.15, 0.2) is 0 Å². The summed E-state index contributed by atoms with van der Waals surface area (Å²) in [4.78, 5) is 14.9. The van der Waals surface area contributed by atoms with Crippen molar-refractivity contribution >= 4 is 37.4 Å². The molecule has 3 nitrogen and oxygen atoms in total. The van der Waals surface area contributed by atoms with E-state index in [9.17, 15) is 4.79 Å². The third-order valence-corrected chi connectivity index (χ3v) is 5.48. The summed E-state index contributed by atoms with van der Waals surface area (Å²) in [5, 5.41) is 5.46.